The molecule has 178 valence electrons. The fourth-order valence-electron chi connectivity index (χ4n) is 4.58. The normalized spacial score (nSPS) is 24.9. The van der Waals surface area contributed by atoms with Crippen LogP contribution >= 0.6 is 0 Å². The quantitative estimate of drug-likeness (QED) is 0.635. The molecule has 2 aromatic rings. The lowest BCUT2D eigenvalue weighted by molar-refractivity contribution is -0.134. The Morgan fingerprint density at radius 2 is 1.88 bits per heavy atom. The molecule has 0 unspecified atom stereocenters. The highest BCUT2D eigenvalue weighted by Crippen LogP contribution is 2.38. The van der Waals surface area contributed by atoms with Crippen molar-refractivity contribution in [1.29, 1.82) is 0 Å². The van der Waals surface area contributed by atoms with E-state index in [1.54, 1.807) is 55.5 Å². The van der Waals surface area contributed by atoms with E-state index >= 15 is 0 Å². The molecule has 3 aliphatic heterocycles. The minimum atomic E-state index is -3.27. The average molecular weight is 486 g/mol. The molecule has 2 aromatic carbocycles. The number of hydrogen-bond donors (Lipinski definition) is 1. The van der Waals surface area contributed by atoms with E-state index in [0.29, 0.717) is 22.7 Å². The van der Waals surface area contributed by atoms with E-state index in [2.05, 4.69) is 5.32 Å². The Kier molecular flexibility index (Phi) is 5.23. The van der Waals surface area contributed by atoms with Crippen LogP contribution in [0.4, 0.5) is 10.5 Å². The zero-order chi connectivity index (χ0) is 24.1. The van der Waals surface area contributed by atoms with Crippen LogP contribution in [0.3, 0.4) is 0 Å². The molecule has 3 aliphatic rings. The predicted molar refractivity (Wildman–Crippen MR) is 121 cm³/mol. The molecule has 0 saturated carbocycles. The van der Waals surface area contributed by atoms with Gasteiger partial charge in [0.1, 0.15) is 12.1 Å². The van der Waals surface area contributed by atoms with Crippen LogP contribution in [0.15, 0.2) is 48.5 Å². The lowest BCUT2D eigenvalue weighted by Gasteiger charge is -2.30. The zero-order valence-electron chi connectivity index (χ0n) is 18.4. The number of anilines is 1. The molecule has 0 bridgehead atoms. The third-order valence-electron chi connectivity index (χ3n) is 6.39. The molecule has 10 nitrogen and oxygen atoms in total. The van der Waals surface area contributed by atoms with Gasteiger partial charge in [0.2, 0.25) is 12.7 Å². The Hall–Kier alpha value is -3.60. The molecule has 4 amide bonds. The van der Waals surface area contributed by atoms with Crippen molar-refractivity contribution in [2.45, 2.75) is 24.9 Å². The molecule has 0 spiro atoms. The first-order chi connectivity index (χ1) is 16.2. The molecule has 11 heteroatoms. The SMILES string of the molecule is C[C@@]1(c2ccc3c(c2)OCO3)NC(=O)N(CC(=O)N(c2ccccc2)[C@@H]2CCS(=O)(=O)C2)C1=O. The van der Waals surface area contributed by atoms with Crippen LogP contribution in [0.25, 0.3) is 0 Å². The summed E-state index contributed by atoms with van der Waals surface area (Å²) in [5, 5.41) is 2.68. The van der Waals surface area contributed by atoms with E-state index in [1.165, 1.54) is 4.90 Å². The number of hydrogen-bond acceptors (Lipinski definition) is 7. The number of nitrogens with one attached hydrogen (secondary N) is 1. The van der Waals surface area contributed by atoms with Crippen LogP contribution in [0.1, 0.15) is 18.9 Å². The molecule has 1 N–H and O–H groups in total. The van der Waals surface area contributed by atoms with Crippen molar-refractivity contribution in [3.05, 3.63) is 54.1 Å². The summed E-state index contributed by atoms with van der Waals surface area (Å²) in [6.07, 6.45) is 0.290. The van der Waals surface area contributed by atoms with E-state index in [4.69, 9.17) is 9.47 Å². The van der Waals surface area contributed by atoms with Gasteiger partial charge >= 0.3 is 6.03 Å². The predicted octanol–water partition coefficient (Wildman–Crippen LogP) is 1.40. The highest BCUT2D eigenvalue weighted by molar-refractivity contribution is 7.91. The summed E-state index contributed by atoms with van der Waals surface area (Å²) in [6, 6.07) is 12.3. The van der Waals surface area contributed by atoms with Crippen LogP contribution in [-0.4, -0.2) is 62.0 Å². The van der Waals surface area contributed by atoms with Crippen molar-refractivity contribution in [3.8, 4) is 11.5 Å². The second-order valence-electron chi connectivity index (χ2n) is 8.67. The van der Waals surface area contributed by atoms with Crippen molar-refractivity contribution in [2.75, 3.05) is 29.7 Å². The molecule has 5 rings (SSSR count). The van der Waals surface area contributed by atoms with Gasteiger partial charge in [-0.15, -0.1) is 0 Å². The first-order valence-electron chi connectivity index (χ1n) is 10.8. The summed E-state index contributed by atoms with van der Waals surface area (Å²) >= 11 is 0. The Bertz CT molecular complexity index is 1280. The monoisotopic (exact) mass is 485 g/mol. The summed E-state index contributed by atoms with van der Waals surface area (Å²) in [5.74, 6) is -0.292. The molecule has 0 aliphatic carbocycles. The van der Waals surface area contributed by atoms with Gasteiger partial charge in [0.05, 0.1) is 17.5 Å². The van der Waals surface area contributed by atoms with Gasteiger partial charge in [-0.05, 0) is 43.2 Å². The fraction of sp³-hybridized carbons (Fsp3) is 0.348. The Morgan fingerprint density at radius 3 is 2.59 bits per heavy atom. The fourth-order valence-corrected chi connectivity index (χ4v) is 6.28. The number of carbonyl (C=O) groups is 3. The number of rotatable bonds is 5. The molecule has 0 aromatic heterocycles. The minimum absolute atomic E-state index is 0.0143. The van der Waals surface area contributed by atoms with Gasteiger partial charge in [-0.3, -0.25) is 14.5 Å². The average Bonchev–Trinajstić information content (AvgIpc) is 3.47. The molecule has 0 radical (unpaired) electrons. The van der Waals surface area contributed by atoms with Crippen molar-refractivity contribution in [2.24, 2.45) is 0 Å². The molecule has 2 saturated heterocycles. The maximum atomic E-state index is 13.4. The number of benzene rings is 2. The number of sulfone groups is 1. The van der Waals surface area contributed by atoms with Gasteiger partial charge in [-0.1, -0.05) is 24.3 Å². The maximum absolute atomic E-state index is 13.4. The van der Waals surface area contributed by atoms with Gasteiger partial charge in [0, 0.05) is 5.69 Å². The topological polar surface area (TPSA) is 122 Å². The van der Waals surface area contributed by atoms with Gasteiger partial charge in [0.15, 0.2) is 21.3 Å². The number of amides is 4. The molecule has 34 heavy (non-hydrogen) atoms. The van der Waals surface area contributed by atoms with E-state index in [9.17, 15) is 22.8 Å². The Labute approximate surface area is 196 Å². The smallest absolute Gasteiger partial charge is 0.325 e. The van der Waals surface area contributed by atoms with E-state index in [-0.39, 0.29) is 24.7 Å². The summed E-state index contributed by atoms with van der Waals surface area (Å²) in [4.78, 5) is 41.8. The highest BCUT2D eigenvalue weighted by atomic mass is 32.2. The summed E-state index contributed by atoms with van der Waals surface area (Å²) < 4.78 is 34.9. The number of nitrogens with zero attached hydrogens (tertiary/aromatic N) is 2. The summed E-state index contributed by atoms with van der Waals surface area (Å²) in [6.45, 7) is 1.12. The number of ether oxygens (including phenoxy) is 2. The Morgan fingerprint density at radius 1 is 1.15 bits per heavy atom. The zero-order valence-corrected chi connectivity index (χ0v) is 19.2. The van der Waals surface area contributed by atoms with Crippen molar-refractivity contribution in [3.63, 3.8) is 0 Å². The first-order valence-corrected chi connectivity index (χ1v) is 12.6. The summed E-state index contributed by atoms with van der Waals surface area (Å²) in [7, 11) is -3.27. The molecular weight excluding hydrogens is 462 g/mol. The van der Waals surface area contributed by atoms with E-state index in [1.807, 2.05) is 0 Å². The van der Waals surface area contributed by atoms with Crippen LogP contribution in [0.5, 0.6) is 11.5 Å². The van der Waals surface area contributed by atoms with Crippen LogP contribution < -0.4 is 19.7 Å². The van der Waals surface area contributed by atoms with Gasteiger partial charge < -0.3 is 19.7 Å². The standard InChI is InChI=1S/C23H23N3O7S/c1-23(15-7-8-18-19(11-15)33-14-32-18)21(28)25(22(29)24-23)12-20(27)26(16-5-3-2-4-6-16)17-9-10-34(30,31)13-17/h2-8,11,17H,9-10,12-14H2,1H3,(H,24,29)/t17-,23+/m1/s1. The number of para-hydroxylation sites is 1. The van der Waals surface area contributed by atoms with Gasteiger partial charge in [0.25, 0.3) is 5.91 Å². The summed E-state index contributed by atoms with van der Waals surface area (Å²) in [5.41, 5.74) is -0.390. The molecule has 2 atom stereocenters. The third-order valence-corrected chi connectivity index (χ3v) is 8.15. The lowest BCUT2D eigenvalue weighted by atomic mass is 9.91. The third kappa shape index (κ3) is 3.75. The van der Waals surface area contributed by atoms with Crippen molar-refractivity contribution >= 4 is 33.4 Å². The second kappa shape index (κ2) is 8.01. The van der Waals surface area contributed by atoms with Crippen molar-refractivity contribution < 1.29 is 32.3 Å². The number of imide groups is 1. The van der Waals surface area contributed by atoms with Crippen LogP contribution in [0, 0.1) is 0 Å². The molecule has 3 heterocycles. The maximum Gasteiger partial charge on any atom is 0.325 e. The molecular formula is C23H23N3O7S. The lowest BCUT2D eigenvalue weighted by Crippen LogP contribution is -2.48. The van der Waals surface area contributed by atoms with E-state index < -0.39 is 45.8 Å². The number of urea groups is 1. The van der Waals surface area contributed by atoms with Crippen LogP contribution in [0.2, 0.25) is 0 Å². The Balaban J connectivity index is 1.41. The largest absolute Gasteiger partial charge is 0.454 e. The highest BCUT2D eigenvalue weighted by Gasteiger charge is 2.50. The van der Waals surface area contributed by atoms with Crippen LogP contribution in [-0.2, 0) is 25.0 Å². The minimum Gasteiger partial charge on any atom is -0.454 e. The number of carbonyl (C=O) groups excluding carboxylic acids is 3. The van der Waals surface area contributed by atoms with Gasteiger partial charge in [-0.25, -0.2) is 13.2 Å². The number of fused-ring (bicyclic) bond motifs is 1. The first kappa shape index (κ1) is 22.2. The van der Waals surface area contributed by atoms with E-state index in [0.717, 1.165) is 4.90 Å². The van der Waals surface area contributed by atoms with Crippen molar-refractivity contribution in [1.82, 2.24) is 10.2 Å². The van der Waals surface area contributed by atoms with Gasteiger partial charge in [-0.2, -0.15) is 0 Å². The second-order valence-corrected chi connectivity index (χ2v) is 10.9. The molecule has 2 fully saturated rings.